The summed E-state index contributed by atoms with van der Waals surface area (Å²) in [7, 11) is 0. The van der Waals surface area contributed by atoms with Gasteiger partial charge in [-0.1, -0.05) is 6.42 Å². The second-order valence-corrected chi connectivity index (χ2v) is 10.9. The van der Waals surface area contributed by atoms with Crippen LogP contribution in [0.2, 0.25) is 0 Å². The first-order valence-corrected chi connectivity index (χ1v) is 11.3. The Morgan fingerprint density at radius 2 is 1.50 bits per heavy atom. The topological polar surface area (TPSA) is 51.2 Å². The molecule has 0 aromatic carbocycles. The van der Waals surface area contributed by atoms with Gasteiger partial charge in [-0.25, -0.2) is 0 Å². The summed E-state index contributed by atoms with van der Waals surface area (Å²) in [4.78, 5) is 2.56. The minimum Gasteiger partial charge on any atom is -0.387 e. The van der Waals surface area contributed by atoms with Gasteiger partial charge in [0.25, 0.3) is 0 Å². The molecule has 2 rings (SSSR count). The van der Waals surface area contributed by atoms with Crippen LogP contribution in [0.15, 0.2) is 0 Å². The molecule has 166 valence electrons. The first kappa shape index (κ1) is 24.1. The van der Waals surface area contributed by atoms with E-state index in [2.05, 4.69) is 46.4 Å². The maximum atomic E-state index is 10.4. The van der Waals surface area contributed by atoms with Gasteiger partial charge in [0, 0.05) is 51.3 Å². The van der Waals surface area contributed by atoms with E-state index in [0.717, 1.165) is 32.0 Å². The molecule has 2 aliphatic rings. The molecule has 0 aromatic rings. The van der Waals surface area contributed by atoms with E-state index < -0.39 is 5.60 Å². The first-order chi connectivity index (χ1) is 13.0. The van der Waals surface area contributed by atoms with Crippen molar-refractivity contribution in [3.63, 3.8) is 0 Å². The summed E-state index contributed by atoms with van der Waals surface area (Å²) in [5.74, 6) is 0.887. The predicted molar refractivity (Wildman–Crippen MR) is 114 cm³/mol. The van der Waals surface area contributed by atoms with E-state index in [0.29, 0.717) is 31.6 Å². The molecule has 0 amide bonds. The maximum Gasteiger partial charge on any atom is 0.0929 e. The summed E-state index contributed by atoms with van der Waals surface area (Å²) in [6, 6.07) is 0. The molecule has 0 spiro atoms. The van der Waals surface area contributed by atoms with Crippen LogP contribution in [0.5, 0.6) is 0 Å². The van der Waals surface area contributed by atoms with Crippen LogP contribution in [0.4, 0.5) is 0 Å². The Labute approximate surface area is 173 Å². The third-order valence-corrected chi connectivity index (χ3v) is 5.74. The lowest BCUT2D eigenvalue weighted by Gasteiger charge is -2.48. The summed E-state index contributed by atoms with van der Waals surface area (Å²) >= 11 is 0. The Morgan fingerprint density at radius 1 is 0.893 bits per heavy atom. The van der Waals surface area contributed by atoms with Gasteiger partial charge in [-0.15, -0.1) is 0 Å². The van der Waals surface area contributed by atoms with Crippen LogP contribution in [0, 0.1) is 5.92 Å². The van der Waals surface area contributed by atoms with Crippen LogP contribution in [0.1, 0.15) is 80.1 Å². The van der Waals surface area contributed by atoms with Crippen molar-refractivity contribution in [2.45, 2.75) is 103 Å². The van der Waals surface area contributed by atoms with Crippen LogP contribution in [0.25, 0.3) is 0 Å². The molecule has 0 aromatic heterocycles. The summed E-state index contributed by atoms with van der Waals surface area (Å²) < 4.78 is 17.2. The summed E-state index contributed by atoms with van der Waals surface area (Å²) in [5, 5.41) is 10.4. The van der Waals surface area contributed by atoms with Crippen molar-refractivity contribution >= 4 is 0 Å². The van der Waals surface area contributed by atoms with E-state index >= 15 is 0 Å². The molecule has 0 radical (unpaired) electrons. The highest BCUT2D eigenvalue weighted by Gasteiger charge is 2.45. The number of likely N-dealkylation sites (tertiary alicyclic amines) is 1. The maximum absolute atomic E-state index is 10.4. The zero-order chi connectivity index (χ0) is 20.8. The molecule has 1 heterocycles. The van der Waals surface area contributed by atoms with E-state index in [9.17, 15) is 5.11 Å². The van der Waals surface area contributed by atoms with E-state index in [1.54, 1.807) is 0 Å². The minimum absolute atomic E-state index is 0.144. The molecule has 1 aliphatic carbocycles. The van der Waals surface area contributed by atoms with Crippen LogP contribution in [0.3, 0.4) is 0 Å². The number of ether oxygens (including phenoxy) is 3. The molecule has 0 bridgehead atoms. The predicted octanol–water partition coefficient (Wildman–Crippen LogP) is 4.02. The highest BCUT2D eigenvalue weighted by molar-refractivity contribution is 4.96. The Hall–Kier alpha value is -0.200. The number of hydrogen-bond donors (Lipinski definition) is 1. The third-order valence-electron chi connectivity index (χ3n) is 5.74. The van der Waals surface area contributed by atoms with E-state index in [1.165, 1.54) is 25.9 Å². The summed E-state index contributed by atoms with van der Waals surface area (Å²) in [6.45, 7) is 18.2. The molecular weight excluding hydrogens is 354 g/mol. The fourth-order valence-electron chi connectivity index (χ4n) is 4.05. The van der Waals surface area contributed by atoms with Crippen LogP contribution < -0.4 is 0 Å². The van der Waals surface area contributed by atoms with Crippen molar-refractivity contribution in [2.24, 2.45) is 5.92 Å². The monoisotopic (exact) mass is 399 g/mol. The molecule has 0 atom stereocenters. The SMILES string of the molecule is CC(C)(C)OC1CC(O)(COCCCOCCCCC2CN(C(C)(C)C)C2)C1. The molecule has 5 heteroatoms. The van der Waals surface area contributed by atoms with Crippen molar-refractivity contribution in [1.82, 2.24) is 4.90 Å². The van der Waals surface area contributed by atoms with Gasteiger partial charge in [0.05, 0.1) is 23.9 Å². The second kappa shape index (κ2) is 10.2. The van der Waals surface area contributed by atoms with Crippen molar-refractivity contribution in [3.05, 3.63) is 0 Å². The largest absolute Gasteiger partial charge is 0.387 e. The number of rotatable bonds is 12. The second-order valence-electron chi connectivity index (χ2n) is 10.9. The van der Waals surface area contributed by atoms with Gasteiger partial charge in [-0.2, -0.15) is 0 Å². The molecule has 2 fully saturated rings. The van der Waals surface area contributed by atoms with Crippen molar-refractivity contribution in [2.75, 3.05) is 39.5 Å². The number of unbranched alkanes of at least 4 members (excludes halogenated alkanes) is 1. The van der Waals surface area contributed by atoms with E-state index in [1.807, 2.05) is 0 Å². The molecule has 1 aliphatic heterocycles. The average molecular weight is 400 g/mol. The zero-order valence-corrected chi connectivity index (χ0v) is 19.3. The van der Waals surface area contributed by atoms with Gasteiger partial charge >= 0.3 is 0 Å². The Kier molecular flexibility index (Phi) is 8.78. The highest BCUT2D eigenvalue weighted by Crippen LogP contribution is 2.37. The first-order valence-electron chi connectivity index (χ1n) is 11.3. The molecule has 0 unspecified atom stereocenters. The molecule has 5 nitrogen and oxygen atoms in total. The Morgan fingerprint density at radius 3 is 2.11 bits per heavy atom. The summed E-state index contributed by atoms with van der Waals surface area (Å²) in [5.41, 5.74) is -0.506. The van der Waals surface area contributed by atoms with Crippen LogP contribution in [-0.4, -0.2) is 72.4 Å². The van der Waals surface area contributed by atoms with E-state index in [-0.39, 0.29) is 11.7 Å². The third kappa shape index (κ3) is 8.66. The summed E-state index contributed by atoms with van der Waals surface area (Å²) in [6.07, 6.45) is 6.16. The van der Waals surface area contributed by atoms with Crippen LogP contribution in [-0.2, 0) is 14.2 Å². The number of nitrogens with zero attached hydrogens (tertiary/aromatic N) is 1. The number of aliphatic hydroxyl groups is 1. The fraction of sp³-hybridized carbons (Fsp3) is 1.00. The normalized spacial score (nSPS) is 26.9. The zero-order valence-electron chi connectivity index (χ0n) is 19.3. The van der Waals surface area contributed by atoms with Crippen molar-refractivity contribution in [1.29, 1.82) is 0 Å². The van der Waals surface area contributed by atoms with Gasteiger partial charge in [-0.05, 0) is 66.7 Å². The highest BCUT2D eigenvalue weighted by atomic mass is 16.5. The lowest BCUT2D eigenvalue weighted by atomic mass is 9.78. The molecular formula is C23H45NO4. The molecule has 28 heavy (non-hydrogen) atoms. The quantitative estimate of drug-likeness (QED) is 0.502. The minimum atomic E-state index is -0.694. The van der Waals surface area contributed by atoms with Gasteiger partial charge in [0.2, 0.25) is 0 Å². The molecule has 1 N–H and O–H groups in total. The lowest BCUT2D eigenvalue weighted by molar-refractivity contribution is -0.197. The fourth-order valence-corrected chi connectivity index (χ4v) is 4.05. The van der Waals surface area contributed by atoms with Gasteiger partial charge in [0.15, 0.2) is 0 Å². The number of hydrogen-bond acceptors (Lipinski definition) is 5. The van der Waals surface area contributed by atoms with Crippen LogP contribution >= 0.6 is 0 Å². The lowest BCUT2D eigenvalue weighted by Crippen LogP contribution is -2.55. The standard InChI is InChI=1S/C23H45NO4/c1-21(2,3)24-16-19(17-24)10-7-8-11-26-12-9-13-27-18-23(25)14-20(15-23)28-22(4,5)6/h19-20,25H,7-18H2,1-6H3. The van der Waals surface area contributed by atoms with Gasteiger partial charge in [0.1, 0.15) is 0 Å². The molecule has 1 saturated heterocycles. The van der Waals surface area contributed by atoms with Gasteiger partial charge in [-0.3, -0.25) is 4.90 Å². The van der Waals surface area contributed by atoms with Crippen molar-refractivity contribution < 1.29 is 19.3 Å². The Balaban J connectivity index is 1.34. The van der Waals surface area contributed by atoms with Crippen molar-refractivity contribution in [3.8, 4) is 0 Å². The van der Waals surface area contributed by atoms with E-state index in [4.69, 9.17) is 14.2 Å². The Bertz CT molecular complexity index is 442. The smallest absolute Gasteiger partial charge is 0.0929 e. The van der Waals surface area contributed by atoms with Gasteiger partial charge < -0.3 is 19.3 Å². The molecule has 1 saturated carbocycles. The average Bonchev–Trinajstić information content (AvgIpc) is 2.46.